The van der Waals surface area contributed by atoms with Gasteiger partial charge < -0.3 is 4.90 Å². The molecule has 0 bridgehead atoms. The normalized spacial score (nSPS) is 18.7. The molecule has 31 heavy (non-hydrogen) atoms. The predicted octanol–water partition coefficient (Wildman–Crippen LogP) is 3.74. The van der Waals surface area contributed by atoms with E-state index in [0.29, 0.717) is 17.9 Å². The number of hydrogen-bond acceptors (Lipinski definition) is 5. The van der Waals surface area contributed by atoms with Crippen molar-refractivity contribution in [1.82, 2.24) is 10.3 Å². The number of hydrogen-bond donors (Lipinski definition) is 1. The van der Waals surface area contributed by atoms with Crippen molar-refractivity contribution in [2.75, 3.05) is 18.0 Å². The molecule has 2 aliphatic rings. The van der Waals surface area contributed by atoms with Gasteiger partial charge in [-0.05, 0) is 42.7 Å². The third kappa shape index (κ3) is 5.25. The first kappa shape index (κ1) is 21.4. The zero-order valence-electron chi connectivity index (χ0n) is 17.2. The SMILES string of the molecule is O=C(CCC1=NN[C@@H](SCc2cccc(F)c2)N(c2ccccc2)C1=O)N1CCCC1. The molecule has 1 saturated heterocycles. The van der Waals surface area contributed by atoms with E-state index in [4.69, 9.17) is 0 Å². The first-order valence-corrected chi connectivity index (χ1v) is 11.5. The Kier molecular flexibility index (Phi) is 6.86. The summed E-state index contributed by atoms with van der Waals surface area (Å²) in [5.74, 6) is 0.0936. The topological polar surface area (TPSA) is 65.0 Å². The van der Waals surface area contributed by atoms with Crippen molar-refractivity contribution < 1.29 is 14.0 Å². The summed E-state index contributed by atoms with van der Waals surface area (Å²) in [6, 6.07) is 15.8. The van der Waals surface area contributed by atoms with Crippen molar-refractivity contribution in [1.29, 1.82) is 0 Å². The minimum absolute atomic E-state index is 0.0712. The van der Waals surface area contributed by atoms with E-state index in [-0.39, 0.29) is 24.1 Å². The number of halogens is 1. The second-order valence-electron chi connectivity index (χ2n) is 7.58. The average Bonchev–Trinajstić information content (AvgIpc) is 3.32. The van der Waals surface area contributed by atoms with Gasteiger partial charge in [-0.3, -0.25) is 19.9 Å². The van der Waals surface area contributed by atoms with Crippen LogP contribution in [0.15, 0.2) is 59.7 Å². The van der Waals surface area contributed by atoms with E-state index in [1.54, 1.807) is 11.0 Å². The zero-order valence-corrected chi connectivity index (χ0v) is 18.0. The van der Waals surface area contributed by atoms with Crippen molar-refractivity contribution >= 4 is 35.0 Å². The quantitative estimate of drug-likeness (QED) is 0.713. The van der Waals surface area contributed by atoms with Gasteiger partial charge in [-0.15, -0.1) is 11.8 Å². The molecule has 1 N–H and O–H groups in total. The lowest BCUT2D eigenvalue weighted by atomic mass is 10.1. The molecule has 6 nitrogen and oxygen atoms in total. The monoisotopic (exact) mass is 440 g/mol. The standard InChI is InChI=1S/C23H25FN4O2S/c24-18-8-6-7-17(15-18)16-31-23-26-25-20(11-12-21(29)27-13-4-5-14-27)22(30)28(23)19-9-2-1-3-10-19/h1-3,6-10,15,23,26H,4-5,11-14,16H2/t23-/m1/s1. The van der Waals surface area contributed by atoms with Gasteiger partial charge in [-0.1, -0.05) is 30.3 Å². The Morgan fingerprint density at radius 3 is 2.65 bits per heavy atom. The molecule has 2 amide bonds. The molecule has 2 heterocycles. The number of carbonyl (C=O) groups is 2. The highest BCUT2D eigenvalue weighted by atomic mass is 32.2. The van der Waals surface area contributed by atoms with Crippen molar-refractivity contribution in [3.05, 3.63) is 66.0 Å². The van der Waals surface area contributed by atoms with Gasteiger partial charge in [0.15, 0.2) is 5.50 Å². The van der Waals surface area contributed by atoms with Gasteiger partial charge in [0, 0.05) is 37.4 Å². The Hall–Kier alpha value is -2.87. The lowest BCUT2D eigenvalue weighted by molar-refractivity contribution is -0.129. The second kappa shape index (κ2) is 9.96. The van der Waals surface area contributed by atoms with Crippen LogP contribution in [-0.4, -0.2) is 41.0 Å². The summed E-state index contributed by atoms with van der Waals surface area (Å²) < 4.78 is 13.5. The third-order valence-corrected chi connectivity index (χ3v) is 6.51. The van der Waals surface area contributed by atoms with Crippen molar-refractivity contribution in [2.24, 2.45) is 5.10 Å². The fourth-order valence-corrected chi connectivity index (χ4v) is 4.78. The lowest BCUT2D eigenvalue weighted by Crippen LogP contribution is -2.53. The summed E-state index contributed by atoms with van der Waals surface area (Å²) >= 11 is 1.46. The summed E-state index contributed by atoms with van der Waals surface area (Å²) in [7, 11) is 0. The average molecular weight is 441 g/mol. The summed E-state index contributed by atoms with van der Waals surface area (Å²) in [6.07, 6.45) is 2.65. The van der Waals surface area contributed by atoms with E-state index in [1.807, 2.05) is 41.3 Å². The van der Waals surface area contributed by atoms with Gasteiger partial charge in [0.05, 0.1) is 0 Å². The van der Waals surface area contributed by atoms with Crippen LogP contribution in [-0.2, 0) is 15.3 Å². The lowest BCUT2D eigenvalue weighted by Gasteiger charge is -2.34. The van der Waals surface area contributed by atoms with Crippen LogP contribution in [0.3, 0.4) is 0 Å². The third-order valence-electron chi connectivity index (χ3n) is 5.38. The van der Waals surface area contributed by atoms with Crippen LogP contribution in [0.5, 0.6) is 0 Å². The van der Waals surface area contributed by atoms with Gasteiger partial charge in [0.25, 0.3) is 5.91 Å². The Bertz CT molecular complexity index is 963. The van der Waals surface area contributed by atoms with Gasteiger partial charge in [0.2, 0.25) is 5.91 Å². The number of anilines is 1. The van der Waals surface area contributed by atoms with Crippen molar-refractivity contribution in [2.45, 2.75) is 36.9 Å². The molecule has 0 saturated carbocycles. The molecule has 0 unspecified atom stereocenters. The molecule has 2 aliphatic heterocycles. The number of carbonyl (C=O) groups excluding carboxylic acids is 2. The number of nitrogens with one attached hydrogen (secondary N) is 1. The van der Waals surface area contributed by atoms with Gasteiger partial charge in [-0.25, -0.2) is 4.39 Å². The maximum Gasteiger partial charge on any atom is 0.276 e. The largest absolute Gasteiger partial charge is 0.343 e. The fraction of sp³-hybridized carbons (Fsp3) is 0.348. The highest BCUT2D eigenvalue weighted by Gasteiger charge is 2.33. The number of nitrogens with zero attached hydrogens (tertiary/aromatic N) is 3. The van der Waals surface area contributed by atoms with Crippen LogP contribution < -0.4 is 10.3 Å². The maximum atomic E-state index is 13.5. The van der Waals surface area contributed by atoms with Crippen LogP contribution in [0.1, 0.15) is 31.2 Å². The molecule has 0 radical (unpaired) electrons. The van der Waals surface area contributed by atoms with Crippen molar-refractivity contribution in [3.63, 3.8) is 0 Å². The summed E-state index contributed by atoms with van der Waals surface area (Å²) in [5, 5.41) is 4.31. The molecule has 0 aliphatic carbocycles. The molecule has 2 aromatic carbocycles. The zero-order chi connectivity index (χ0) is 21.6. The van der Waals surface area contributed by atoms with Gasteiger partial charge >= 0.3 is 0 Å². The first-order valence-electron chi connectivity index (χ1n) is 10.5. The first-order chi connectivity index (χ1) is 15.1. The molecular weight excluding hydrogens is 415 g/mol. The molecule has 4 rings (SSSR count). The molecule has 1 fully saturated rings. The molecule has 0 aromatic heterocycles. The Morgan fingerprint density at radius 2 is 1.90 bits per heavy atom. The van der Waals surface area contributed by atoms with Crippen LogP contribution in [0.4, 0.5) is 10.1 Å². The van der Waals surface area contributed by atoms with Gasteiger partial charge in [-0.2, -0.15) is 5.10 Å². The maximum absolute atomic E-state index is 13.5. The Labute approximate surface area is 185 Å². The molecule has 8 heteroatoms. The number of thioether (sulfide) groups is 1. The summed E-state index contributed by atoms with van der Waals surface area (Å²) in [5.41, 5.74) is 4.55. The Balaban J connectivity index is 1.47. The van der Waals surface area contributed by atoms with Gasteiger partial charge in [0.1, 0.15) is 11.5 Å². The number of likely N-dealkylation sites (tertiary alicyclic amines) is 1. The number of para-hydroxylation sites is 1. The number of benzene rings is 2. The van der Waals surface area contributed by atoms with E-state index >= 15 is 0 Å². The van der Waals surface area contributed by atoms with Crippen LogP contribution in [0.25, 0.3) is 0 Å². The smallest absolute Gasteiger partial charge is 0.276 e. The minimum Gasteiger partial charge on any atom is -0.343 e. The van der Waals surface area contributed by atoms with E-state index in [9.17, 15) is 14.0 Å². The van der Waals surface area contributed by atoms with Crippen molar-refractivity contribution in [3.8, 4) is 0 Å². The van der Waals surface area contributed by atoms with Crippen LogP contribution in [0.2, 0.25) is 0 Å². The number of hydrazone groups is 1. The number of rotatable bonds is 7. The van der Waals surface area contributed by atoms with Crippen LogP contribution in [0, 0.1) is 5.82 Å². The minimum atomic E-state index is -0.434. The van der Waals surface area contributed by atoms with Crippen LogP contribution >= 0.6 is 11.8 Å². The van der Waals surface area contributed by atoms with E-state index < -0.39 is 5.50 Å². The molecule has 2 aromatic rings. The predicted molar refractivity (Wildman–Crippen MR) is 121 cm³/mol. The second-order valence-corrected chi connectivity index (χ2v) is 8.65. The molecule has 0 spiro atoms. The fourth-order valence-electron chi connectivity index (χ4n) is 3.75. The highest BCUT2D eigenvalue weighted by molar-refractivity contribution is 7.99. The van der Waals surface area contributed by atoms with E-state index in [1.165, 1.54) is 23.9 Å². The molecule has 162 valence electrons. The molecular formula is C23H25FN4O2S. The van der Waals surface area contributed by atoms with E-state index in [0.717, 1.165) is 37.2 Å². The summed E-state index contributed by atoms with van der Waals surface area (Å²) in [4.78, 5) is 29.2. The number of amides is 2. The summed E-state index contributed by atoms with van der Waals surface area (Å²) in [6.45, 7) is 1.60. The molecule has 1 atom stereocenters. The Morgan fingerprint density at radius 1 is 1.13 bits per heavy atom. The highest BCUT2D eigenvalue weighted by Crippen LogP contribution is 2.28. The van der Waals surface area contributed by atoms with E-state index in [2.05, 4.69) is 10.5 Å².